The zero-order valence-electron chi connectivity index (χ0n) is 8.36. The summed E-state index contributed by atoms with van der Waals surface area (Å²) in [6, 6.07) is 6.60. The fraction of sp³-hybridized carbons (Fsp3) is 0.167. The highest BCUT2D eigenvalue weighted by Gasteiger charge is 2.12. The Labute approximate surface area is 106 Å². The molecule has 1 heterocycles. The zero-order chi connectivity index (χ0) is 11.5. The summed E-state index contributed by atoms with van der Waals surface area (Å²) in [5.41, 5.74) is 1.36. The van der Waals surface area contributed by atoms with Crippen molar-refractivity contribution in [1.82, 2.24) is 0 Å². The summed E-state index contributed by atoms with van der Waals surface area (Å²) < 4.78 is 14.3. The Kier molecular flexibility index (Phi) is 3.74. The third kappa shape index (κ3) is 2.70. The molecule has 0 spiro atoms. The lowest BCUT2D eigenvalue weighted by Crippen LogP contribution is -2.02. The second-order valence-electron chi connectivity index (χ2n) is 3.51. The standard InChI is InChI=1S/C12H10BrFOS/c13-10-1-2-11(14)9(5-10)6-12(15)8-3-4-16-7-8/h1-5,7,12,15H,6H2. The van der Waals surface area contributed by atoms with Crippen molar-refractivity contribution < 1.29 is 9.50 Å². The first-order valence-electron chi connectivity index (χ1n) is 4.81. The smallest absolute Gasteiger partial charge is 0.126 e. The lowest BCUT2D eigenvalue weighted by Gasteiger charge is -2.10. The van der Waals surface area contributed by atoms with Crippen LogP contribution < -0.4 is 0 Å². The van der Waals surface area contributed by atoms with E-state index in [1.807, 2.05) is 16.8 Å². The Hall–Kier alpha value is -0.710. The van der Waals surface area contributed by atoms with Gasteiger partial charge in [-0.2, -0.15) is 11.3 Å². The second-order valence-corrected chi connectivity index (χ2v) is 5.21. The molecule has 1 unspecified atom stereocenters. The highest BCUT2D eigenvalue weighted by atomic mass is 79.9. The molecule has 1 atom stereocenters. The summed E-state index contributed by atoms with van der Waals surface area (Å²) in [6.07, 6.45) is -0.350. The molecule has 0 amide bonds. The topological polar surface area (TPSA) is 20.2 Å². The highest BCUT2D eigenvalue weighted by molar-refractivity contribution is 9.10. The van der Waals surface area contributed by atoms with Crippen LogP contribution in [0.4, 0.5) is 4.39 Å². The lowest BCUT2D eigenvalue weighted by atomic mass is 10.0. The molecule has 4 heteroatoms. The molecule has 1 aromatic carbocycles. The predicted molar refractivity (Wildman–Crippen MR) is 67.1 cm³/mol. The van der Waals surface area contributed by atoms with Gasteiger partial charge in [0, 0.05) is 10.9 Å². The van der Waals surface area contributed by atoms with E-state index in [4.69, 9.17) is 0 Å². The van der Waals surface area contributed by atoms with Crippen LogP contribution in [0.15, 0.2) is 39.5 Å². The first-order chi connectivity index (χ1) is 7.66. The summed E-state index contributed by atoms with van der Waals surface area (Å²) in [5, 5.41) is 13.7. The number of halogens is 2. The number of hydrogen-bond acceptors (Lipinski definition) is 2. The number of aliphatic hydroxyl groups excluding tert-OH is 1. The van der Waals surface area contributed by atoms with Crippen molar-refractivity contribution in [3.8, 4) is 0 Å². The molecule has 1 N–H and O–H groups in total. The highest BCUT2D eigenvalue weighted by Crippen LogP contribution is 2.23. The molecular weight excluding hydrogens is 291 g/mol. The molecule has 0 aliphatic heterocycles. The minimum absolute atomic E-state index is 0.280. The van der Waals surface area contributed by atoms with Crippen LogP contribution in [0, 0.1) is 5.82 Å². The Bertz CT molecular complexity index is 470. The van der Waals surface area contributed by atoms with Gasteiger partial charge in [0.25, 0.3) is 0 Å². The summed E-state index contributed by atoms with van der Waals surface area (Å²) in [5.74, 6) is -0.280. The first kappa shape index (κ1) is 11.8. The molecule has 0 aliphatic carbocycles. The van der Waals surface area contributed by atoms with E-state index >= 15 is 0 Å². The maximum absolute atomic E-state index is 13.4. The van der Waals surface area contributed by atoms with Gasteiger partial charge >= 0.3 is 0 Å². The summed E-state index contributed by atoms with van der Waals surface area (Å²) in [6.45, 7) is 0. The molecule has 0 bridgehead atoms. The van der Waals surface area contributed by atoms with Gasteiger partial charge < -0.3 is 5.11 Å². The van der Waals surface area contributed by atoms with Crippen LogP contribution in [0.25, 0.3) is 0 Å². The first-order valence-corrected chi connectivity index (χ1v) is 6.54. The summed E-state index contributed by atoms with van der Waals surface area (Å²) >= 11 is 4.81. The minimum atomic E-state index is -0.643. The third-order valence-electron chi connectivity index (χ3n) is 2.35. The van der Waals surface area contributed by atoms with Gasteiger partial charge in [0.05, 0.1) is 6.10 Å². The zero-order valence-corrected chi connectivity index (χ0v) is 10.8. The van der Waals surface area contributed by atoms with E-state index in [-0.39, 0.29) is 5.82 Å². The van der Waals surface area contributed by atoms with Gasteiger partial charge in [0.2, 0.25) is 0 Å². The van der Waals surface area contributed by atoms with Crippen molar-refractivity contribution in [3.05, 3.63) is 56.4 Å². The maximum atomic E-state index is 13.4. The van der Waals surface area contributed by atoms with Crippen molar-refractivity contribution in [2.45, 2.75) is 12.5 Å². The fourth-order valence-corrected chi connectivity index (χ4v) is 2.61. The van der Waals surface area contributed by atoms with Crippen LogP contribution in [-0.4, -0.2) is 5.11 Å². The molecule has 2 rings (SSSR count). The molecule has 16 heavy (non-hydrogen) atoms. The van der Waals surface area contributed by atoms with Crippen molar-refractivity contribution in [1.29, 1.82) is 0 Å². The van der Waals surface area contributed by atoms with Crippen LogP contribution in [0.5, 0.6) is 0 Å². The normalized spacial score (nSPS) is 12.7. The minimum Gasteiger partial charge on any atom is -0.388 e. The third-order valence-corrected chi connectivity index (χ3v) is 3.54. The van der Waals surface area contributed by atoms with Gasteiger partial charge in [-0.25, -0.2) is 4.39 Å². The number of aliphatic hydroxyl groups is 1. The van der Waals surface area contributed by atoms with Crippen molar-refractivity contribution >= 4 is 27.3 Å². The SMILES string of the molecule is OC(Cc1cc(Br)ccc1F)c1ccsc1. The molecule has 0 saturated carbocycles. The van der Waals surface area contributed by atoms with Crippen LogP contribution in [0.2, 0.25) is 0 Å². The van der Waals surface area contributed by atoms with Crippen LogP contribution in [0.3, 0.4) is 0 Å². The van der Waals surface area contributed by atoms with Gasteiger partial charge in [-0.1, -0.05) is 15.9 Å². The van der Waals surface area contributed by atoms with Gasteiger partial charge in [-0.3, -0.25) is 0 Å². The van der Waals surface area contributed by atoms with Crippen molar-refractivity contribution in [2.75, 3.05) is 0 Å². The second kappa shape index (κ2) is 5.08. The van der Waals surface area contributed by atoms with E-state index in [2.05, 4.69) is 15.9 Å². The van der Waals surface area contributed by atoms with Gasteiger partial charge in [0.15, 0.2) is 0 Å². The molecule has 0 aliphatic rings. The number of rotatable bonds is 3. The van der Waals surface area contributed by atoms with Crippen LogP contribution in [-0.2, 0) is 6.42 Å². The van der Waals surface area contributed by atoms with Crippen LogP contribution >= 0.6 is 27.3 Å². The Morgan fingerprint density at radius 3 is 2.88 bits per heavy atom. The van der Waals surface area contributed by atoms with E-state index in [1.165, 1.54) is 17.4 Å². The van der Waals surface area contributed by atoms with E-state index < -0.39 is 6.10 Å². The van der Waals surface area contributed by atoms with E-state index in [0.29, 0.717) is 12.0 Å². The Morgan fingerprint density at radius 1 is 1.38 bits per heavy atom. The largest absolute Gasteiger partial charge is 0.388 e. The summed E-state index contributed by atoms with van der Waals surface area (Å²) in [7, 11) is 0. The van der Waals surface area contributed by atoms with Gasteiger partial charge in [-0.05, 0) is 46.2 Å². The molecule has 0 saturated heterocycles. The predicted octanol–water partition coefficient (Wildman–Crippen LogP) is 3.93. The lowest BCUT2D eigenvalue weighted by molar-refractivity contribution is 0.177. The van der Waals surface area contributed by atoms with Gasteiger partial charge in [0.1, 0.15) is 5.82 Å². The molecular formula is C12H10BrFOS. The molecule has 1 nitrogen and oxygen atoms in total. The van der Waals surface area contributed by atoms with Crippen LogP contribution in [0.1, 0.15) is 17.2 Å². The van der Waals surface area contributed by atoms with E-state index in [0.717, 1.165) is 10.0 Å². The monoisotopic (exact) mass is 300 g/mol. The van der Waals surface area contributed by atoms with Crippen molar-refractivity contribution in [3.63, 3.8) is 0 Å². The Morgan fingerprint density at radius 2 is 2.19 bits per heavy atom. The molecule has 2 aromatic rings. The maximum Gasteiger partial charge on any atom is 0.126 e. The summed E-state index contributed by atoms with van der Waals surface area (Å²) in [4.78, 5) is 0. The number of hydrogen-bond donors (Lipinski definition) is 1. The van der Waals surface area contributed by atoms with Crippen molar-refractivity contribution in [2.24, 2.45) is 0 Å². The fourth-order valence-electron chi connectivity index (χ4n) is 1.49. The van der Waals surface area contributed by atoms with E-state index in [1.54, 1.807) is 12.1 Å². The number of thiophene rings is 1. The molecule has 1 aromatic heterocycles. The van der Waals surface area contributed by atoms with E-state index in [9.17, 15) is 9.50 Å². The average Bonchev–Trinajstić information content (AvgIpc) is 2.76. The van der Waals surface area contributed by atoms with Gasteiger partial charge in [-0.15, -0.1) is 0 Å². The average molecular weight is 301 g/mol. The Balaban J connectivity index is 2.17. The molecule has 0 fully saturated rings. The quantitative estimate of drug-likeness (QED) is 0.911. The molecule has 0 radical (unpaired) electrons. The molecule has 84 valence electrons. The number of benzene rings is 1.